The van der Waals surface area contributed by atoms with Crippen molar-refractivity contribution < 1.29 is 28.5 Å². The van der Waals surface area contributed by atoms with E-state index in [1.54, 1.807) is 24.3 Å². The molecule has 1 aromatic heterocycles. The van der Waals surface area contributed by atoms with E-state index in [1.165, 1.54) is 18.2 Å². The van der Waals surface area contributed by atoms with Gasteiger partial charge in [-0.15, -0.1) is 0 Å². The molecule has 12 heteroatoms. The van der Waals surface area contributed by atoms with Crippen LogP contribution in [0.15, 0.2) is 47.0 Å². The average Bonchev–Trinajstić information content (AvgIpc) is 3.33. The molecule has 1 heterocycles. The summed E-state index contributed by atoms with van der Waals surface area (Å²) in [5.41, 5.74) is 0.590. The van der Waals surface area contributed by atoms with Gasteiger partial charge in [0.15, 0.2) is 11.5 Å². The third-order valence-electron chi connectivity index (χ3n) is 4.44. The van der Waals surface area contributed by atoms with Crippen molar-refractivity contribution in [3.8, 4) is 22.9 Å². The Hall–Kier alpha value is -4.48. The van der Waals surface area contributed by atoms with Gasteiger partial charge in [-0.1, -0.05) is 17.3 Å². The van der Waals surface area contributed by atoms with E-state index < -0.39 is 10.8 Å². The van der Waals surface area contributed by atoms with Crippen molar-refractivity contribution in [1.29, 1.82) is 0 Å². The minimum atomic E-state index is -0.641. The van der Waals surface area contributed by atoms with Crippen LogP contribution in [0.25, 0.3) is 11.4 Å². The highest BCUT2D eigenvalue weighted by Gasteiger charge is 2.18. The summed E-state index contributed by atoms with van der Waals surface area (Å²) in [6.45, 7) is 4.84. The zero-order valence-corrected chi connectivity index (χ0v) is 18.6. The SMILES string of the molecule is CCOc1ccc(C(=O)NCCNC(=O)c2nc(-c3cccc([N+](=O)[O-])c3)no2)cc1OCC. The van der Waals surface area contributed by atoms with Gasteiger partial charge in [-0.05, 0) is 32.0 Å². The lowest BCUT2D eigenvalue weighted by Gasteiger charge is -2.12. The van der Waals surface area contributed by atoms with Crippen LogP contribution >= 0.6 is 0 Å². The van der Waals surface area contributed by atoms with Crippen LogP contribution in [0.3, 0.4) is 0 Å². The van der Waals surface area contributed by atoms with Gasteiger partial charge in [-0.2, -0.15) is 4.98 Å². The first-order valence-electron chi connectivity index (χ1n) is 10.5. The number of carbonyl (C=O) groups is 2. The zero-order chi connectivity index (χ0) is 24.5. The van der Waals surface area contributed by atoms with Gasteiger partial charge in [0.25, 0.3) is 11.6 Å². The van der Waals surface area contributed by atoms with E-state index in [9.17, 15) is 19.7 Å². The summed E-state index contributed by atoms with van der Waals surface area (Å²) >= 11 is 0. The maximum atomic E-state index is 12.4. The standard InChI is InChI=1S/C22H23N5O7/c1-3-32-17-9-8-15(13-18(17)33-4-2)20(28)23-10-11-24-21(29)22-25-19(26-34-22)14-6-5-7-16(12-14)27(30)31/h5-9,12-13H,3-4,10-11H2,1-2H3,(H,23,28)(H,24,29). The number of nitrogens with one attached hydrogen (secondary N) is 2. The topological polar surface area (TPSA) is 159 Å². The molecule has 0 aliphatic heterocycles. The monoisotopic (exact) mass is 469 g/mol. The zero-order valence-electron chi connectivity index (χ0n) is 18.6. The van der Waals surface area contributed by atoms with Crippen molar-refractivity contribution in [2.45, 2.75) is 13.8 Å². The summed E-state index contributed by atoms with van der Waals surface area (Å²) < 4.78 is 15.9. The first-order chi connectivity index (χ1) is 16.4. The van der Waals surface area contributed by atoms with Gasteiger partial charge in [0.2, 0.25) is 5.82 Å². The molecule has 178 valence electrons. The highest BCUT2D eigenvalue weighted by molar-refractivity contribution is 5.95. The number of hydrogen-bond acceptors (Lipinski definition) is 9. The molecule has 2 N–H and O–H groups in total. The summed E-state index contributed by atoms with van der Waals surface area (Å²) in [6, 6.07) is 10.5. The Morgan fingerprint density at radius 3 is 2.41 bits per heavy atom. The van der Waals surface area contributed by atoms with Gasteiger partial charge in [-0.3, -0.25) is 19.7 Å². The number of nitrogens with zero attached hydrogens (tertiary/aromatic N) is 3. The van der Waals surface area contributed by atoms with Crippen LogP contribution in [0, 0.1) is 10.1 Å². The molecule has 2 aromatic carbocycles. The first-order valence-corrected chi connectivity index (χ1v) is 10.5. The van der Waals surface area contributed by atoms with Crippen molar-refractivity contribution in [2.75, 3.05) is 26.3 Å². The maximum Gasteiger partial charge on any atom is 0.316 e. The van der Waals surface area contributed by atoms with E-state index in [-0.39, 0.29) is 36.4 Å². The number of nitro groups is 1. The summed E-state index contributed by atoms with van der Waals surface area (Å²) in [4.78, 5) is 39.0. The minimum absolute atomic E-state index is 0.0442. The lowest BCUT2D eigenvalue weighted by Crippen LogP contribution is -2.34. The van der Waals surface area contributed by atoms with E-state index in [2.05, 4.69) is 20.8 Å². The fourth-order valence-electron chi connectivity index (χ4n) is 2.91. The minimum Gasteiger partial charge on any atom is -0.490 e. The normalized spacial score (nSPS) is 10.4. The largest absolute Gasteiger partial charge is 0.490 e. The molecule has 34 heavy (non-hydrogen) atoms. The van der Waals surface area contributed by atoms with Gasteiger partial charge >= 0.3 is 11.8 Å². The number of carbonyl (C=O) groups excluding carboxylic acids is 2. The molecule has 0 aliphatic carbocycles. The number of aromatic nitrogens is 2. The molecule has 0 aliphatic rings. The van der Waals surface area contributed by atoms with E-state index in [4.69, 9.17) is 14.0 Å². The second-order valence-corrected chi connectivity index (χ2v) is 6.77. The highest BCUT2D eigenvalue weighted by Crippen LogP contribution is 2.28. The number of benzene rings is 2. The van der Waals surface area contributed by atoms with Gasteiger partial charge in [0, 0.05) is 36.3 Å². The molecule has 3 aromatic rings. The predicted octanol–water partition coefficient (Wildman–Crippen LogP) is 2.60. The lowest BCUT2D eigenvalue weighted by molar-refractivity contribution is -0.384. The van der Waals surface area contributed by atoms with Crippen molar-refractivity contribution in [3.05, 3.63) is 64.0 Å². The van der Waals surface area contributed by atoms with Gasteiger partial charge in [0.05, 0.1) is 18.1 Å². The molecule has 0 radical (unpaired) electrons. The quantitative estimate of drug-likeness (QED) is 0.244. The average molecular weight is 469 g/mol. The predicted molar refractivity (Wildman–Crippen MR) is 120 cm³/mol. The molecule has 0 spiro atoms. The third-order valence-corrected chi connectivity index (χ3v) is 4.44. The third kappa shape index (κ3) is 6.06. The van der Waals surface area contributed by atoms with Crippen molar-refractivity contribution >= 4 is 17.5 Å². The van der Waals surface area contributed by atoms with Gasteiger partial charge in [0.1, 0.15) is 0 Å². The molecule has 0 unspecified atom stereocenters. The first kappa shape index (κ1) is 24.2. The van der Waals surface area contributed by atoms with Crippen LogP contribution < -0.4 is 20.1 Å². The van der Waals surface area contributed by atoms with Crippen LogP contribution in [-0.4, -0.2) is 53.2 Å². The number of nitro benzene ring substituents is 1. The second kappa shape index (κ2) is 11.4. The Labute approximate surface area is 194 Å². The molecular weight excluding hydrogens is 446 g/mol. The number of rotatable bonds is 11. The molecule has 0 fully saturated rings. The van der Waals surface area contributed by atoms with Crippen molar-refractivity contribution in [2.24, 2.45) is 0 Å². The summed E-state index contributed by atoms with van der Waals surface area (Å²) in [5, 5.41) is 19.8. The van der Waals surface area contributed by atoms with Crippen LogP contribution in [-0.2, 0) is 0 Å². The fraction of sp³-hybridized carbons (Fsp3) is 0.273. The summed E-state index contributed by atoms with van der Waals surface area (Å²) in [5.74, 6) is -0.218. The van der Waals surface area contributed by atoms with E-state index in [0.717, 1.165) is 0 Å². The fourth-order valence-corrected chi connectivity index (χ4v) is 2.91. The number of non-ortho nitro benzene ring substituents is 1. The molecule has 0 saturated carbocycles. The Balaban J connectivity index is 1.52. The second-order valence-electron chi connectivity index (χ2n) is 6.77. The Kier molecular flexibility index (Phi) is 8.11. The Morgan fingerprint density at radius 2 is 1.71 bits per heavy atom. The summed E-state index contributed by atoms with van der Waals surface area (Å²) in [6.07, 6.45) is 0. The lowest BCUT2D eigenvalue weighted by atomic mass is 10.2. The van der Waals surface area contributed by atoms with Crippen LogP contribution in [0.2, 0.25) is 0 Å². The van der Waals surface area contributed by atoms with E-state index in [0.29, 0.717) is 35.8 Å². The number of ether oxygens (including phenoxy) is 2. The Morgan fingerprint density at radius 1 is 1.00 bits per heavy atom. The number of hydrogen-bond donors (Lipinski definition) is 2. The van der Waals surface area contributed by atoms with Gasteiger partial charge < -0.3 is 24.6 Å². The van der Waals surface area contributed by atoms with Crippen LogP contribution in [0.5, 0.6) is 11.5 Å². The number of amides is 2. The van der Waals surface area contributed by atoms with Crippen LogP contribution in [0.4, 0.5) is 5.69 Å². The molecule has 3 rings (SSSR count). The molecule has 0 saturated heterocycles. The molecule has 0 bridgehead atoms. The van der Waals surface area contributed by atoms with Crippen molar-refractivity contribution in [1.82, 2.24) is 20.8 Å². The summed E-state index contributed by atoms with van der Waals surface area (Å²) in [7, 11) is 0. The maximum absolute atomic E-state index is 12.4. The highest BCUT2D eigenvalue weighted by atomic mass is 16.6. The van der Waals surface area contributed by atoms with Crippen LogP contribution in [0.1, 0.15) is 34.9 Å². The molecule has 12 nitrogen and oxygen atoms in total. The Bertz CT molecular complexity index is 1180. The van der Waals surface area contributed by atoms with E-state index in [1.807, 2.05) is 13.8 Å². The molecular formula is C22H23N5O7. The van der Waals surface area contributed by atoms with E-state index >= 15 is 0 Å². The van der Waals surface area contributed by atoms with Crippen molar-refractivity contribution in [3.63, 3.8) is 0 Å². The molecule has 2 amide bonds. The van der Waals surface area contributed by atoms with Gasteiger partial charge in [-0.25, -0.2) is 0 Å². The smallest absolute Gasteiger partial charge is 0.316 e. The molecule has 0 atom stereocenters.